The van der Waals surface area contributed by atoms with E-state index >= 15 is 0 Å². The zero-order chi connectivity index (χ0) is 25.6. The van der Waals surface area contributed by atoms with Gasteiger partial charge >= 0.3 is 0 Å². The second-order valence-corrected chi connectivity index (χ2v) is 10.9. The highest BCUT2D eigenvalue weighted by Crippen LogP contribution is 2.34. The van der Waals surface area contributed by atoms with Crippen molar-refractivity contribution < 1.29 is 23.1 Å². The molecule has 2 aromatic carbocycles. The monoisotopic (exact) mass is 498 g/mol. The first-order valence-electron chi connectivity index (χ1n) is 11.9. The molecular weight excluding hydrogens is 464 g/mol. The fourth-order valence-corrected chi connectivity index (χ4v) is 5.79. The summed E-state index contributed by atoms with van der Waals surface area (Å²) in [4.78, 5) is 14.6. The summed E-state index contributed by atoms with van der Waals surface area (Å²) in [6, 6.07) is 13.2. The van der Waals surface area contributed by atoms with Gasteiger partial charge in [0.05, 0.1) is 13.2 Å². The van der Waals surface area contributed by atoms with Crippen LogP contribution in [0.1, 0.15) is 49.5 Å². The summed E-state index contributed by atoms with van der Waals surface area (Å²) in [7, 11) is -2.21. The number of hydrogen-bond acceptors (Lipinski definition) is 5. The Balaban J connectivity index is 2.01. The predicted molar refractivity (Wildman–Crippen MR) is 136 cm³/mol. The summed E-state index contributed by atoms with van der Waals surface area (Å²) in [5.74, 6) is 5.95. The number of aliphatic hydroxyl groups excluding tert-OH is 1. The normalized spacial score (nSPS) is 20.3. The second kappa shape index (κ2) is 11.7. The zero-order valence-electron chi connectivity index (χ0n) is 20.8. The van der Waals surface area contributed by atoms with Crippen LogP contribution in [0.15, 0.2) is 53.4 Å². The van der Waals surface area contributed by atoms with Crippen LogP contribution in [0.2, 0.25) is 0 Å². The van der Waals surface area contributed by atoms with Gasteiger partial charge in [-0.1, -0.05) is 43.9 Å². The van der Waals surface area contributed by atoms with Crippen LogP contribution in [0.5, 0.6) is 5.75 Å². The summed E-state index contributed by atoms with van der Waals surface area (Å²) < 4.78 is 34.7. The van der Waals surface area contributed by atoms with Gasteiger partial charge in [0.15, 0.2) is 0 Å². The van der Waals surface area contributed by atoms with Crippen molar-refractivity contribution in [3.05, 3.63) is 59.7 Å². The molecule has 0 bridgehead atoms. The Labute approximate surface area is 208 Å². The van der Waals surface area contributed by atoms with Crippen molar-refractivity contribution in [3.63, 3.8) is 0 Å². The molecule has 1 N–H and O–H groups in total. The van der Waals surface area contributed by atoms with Crippen LogP contribution in [0.3, 0.4) is 0 Å². The molecule has 0 saturated heterocycles. The number of ether oxygens (including phenoxy) is 1. The number of rotatable bonds is 6. The number of aliphatic hydroxyl groups is 1. The molecule has 1 heterocycles. The summed E-state index contributed by atoms with van der Waals surface area (Å²) in [5.41, 5.74) is 1.23. The largest absolute Gasteiger partial charge is 0.487 e. The molecule has 0 spiro atoms. The molecule has 0 aliphatic carbocycles. The molecule has 8 heteroatoms. The molecule has 0 saturated carbocycles. The van der Waals surface area contributed by atoms with E-state index in [2.05, 4.69) is 11.8 Å². The maximum absolute atomic E-state index is 13.6. The van der Waals surface area contributed by atoms with E-state index in [1.54, 1.807) is 43.1 Å². The van der Waals surface area contributed by atoms with Crippen LogP contribution in [0.4, 0.5) is 0 Å². The van der Waals surface area contributed by atoms with Crippen LogP contribution < -0.4 is 4.74 Å². The summed E-state index contributed by atoms with van der Waals surface area (Å²) >= 11 is 0. The molecule has 0 unspecified atom stereocenters. The van der Waals surface area contributed by atoms with Gasteiger partial charge in [0.1, 0.15) is 16.7 Å². The summed E-state index contributed by atoms with van der Waals surface area (Å²) in [6.45, 7) is 5.73. The lowest BCUT2D eigenvalue weighted by Crippen LogP contribution is -2.50. The summed E-state index contributed by atoms with van der Waals surface area (Å²) in [6.07, 6.45) is 1.19. The minimum Gasteiger partial charge on any atom is -0.487 e. The second-order valence-electron chi connectivity index (χ2n) is 9.00. The minimum atomic E-state index is -3.92. The van der Waals surface area contributed by atoms with Crippen LogP contribution >= 0.6 is 0 Å². The Morgan fingerprint density at radius 1 is 1.26 bits per heavy atom. The molecule has 2 aromatic rings. The lowest BCUT2D eigenvalue weighted by molar-refractivity contribution is 0.0563. The van der Waals surface area contributed by atoms with Gasteiger partial charge < -0.3 is 14.7 Å². The van der Waals surface area contributed by atoms with E-state index in [0.717, 1.165) is 12.8 Å². The van der Waals surface area contributed by atoms with Crippen molar-refractivity contribution in [2.24, 2.45) is 5.92 Å². The lowest BCUT2D eigenvalue weighted by Gasteiger charge is -2.37. The maximum atomic E-state index is 13.6. The fraction of sp³-hybridized carbons (Fsp3) is 0.444. The van der Waals surface area contributed by atoms with Crippen LogP contribution in [0, 0.1) is 17.8 Å². The van der Waals surface area contributed by atoms with Crippen LogP contribution in [0.25, 0.3) is 0 Å². The highest BCUT2D eigenvalue weighted by Gasteiger charge is 2.38. The van der Waals surface area contributed by atoms with Crippen molar-refractivity contribution in [1.29, 1.82) is 0 Å². The quantitative estimate of drug-likeness (QED) is 0.617. The van der Waals surface area contributed by atoms with Gasteiger partial charge in [-0.2, -0.15) is 4.31 Å². The SMILES string of the molecule is CCCC#Cc1ccc2c(c1)O[C@@H](CN(C)C(=O)c1ccccc1)[C@@H](C)CN([C@H](C)CO)S2(=O)=O. The average Bonchev–Trinajstić information content (AvgIpc) is 2.85. The van der Waals surface area contributed by atoms with Crippen molar-refractivity contribution >= 4 is 15.9 Å². The average molecular weight is 499 g/mol. The van der Waals surface area contributed by atoms with Crippen molar-refractivity contribution in [1.82, 2.24) is 9.21 Å². The van der Waals surface area contributed by atoms with Gasteiger partial charge in [-0.3, -0.25) is 4.79 Å². The molecule has 188 valence electrons. The standard InChI is InChI=1S/C27H34N2O5S/c1-5-6-8-11-22-14-15-26-24(16-22)34-25(18-28(4)27(31)23-12-9-7-10-13-23)20(2)17-29(21(3)19-30)35(26,32)33/h7,9-10,12-16,20-21,25,30H,5-6,17-19H2,1-4H3/t20-,21+,25-/m0/s1. The van der Waals surface area contributed by atoms with Crippen LogP contribution in [-0.2, 0) is 10.0 Å². The predicted octanol–water partition coefficient (Wildman–Crippen LogP) is 3.38. The number of nitrogens with zero attached hydrogens (tertiary/aromatic N) is 2. The Morgan fingerprint density at radius 3 is 2.63 bits per heavy atom. The lowest BCUT2D eigenvalue weighted by atomic mass is 10.0. The van der Waals surface area contributed by atoms with Gasteiger partial charge in [0.2, 0.25) is 10.0 Å². The third kappa shape index (κ3) is 6.23. The molecule has 0 radical (unpaired) electrons. The van der Waals surface area contributed by atoms with Gasteiger partial charge in [-0.05, 0) is 43.7 Å². The summed E-state index contributed by atoms with van der Waals surface area (Å²) in [5, 5.41) is 9.78. The highest BCUT2D eigenvalue weighted by atomic mass is 32.2. The molecule has 1 amide bonds. The van der Waals surface area contributed by atoms with E-state index in [-0.39, 0.29) is 42.2 Å². The number of carbonyl (C=O) groups excluding carboxylic acids is 1. The number of sulfonamides is 1. The Bertz CT molecular complexity index is 1190. The number of likely N-dealkylation sites (N-methyl/N-ethyl adjacent to an activating group) is 1. The molecule has 1 aliphatic rings. The first-order chi connectivity index (χ1) is 16.7. The number of benzene rings is 2. The van der Waals surface area contributed by atoms with Crippen LogP contribution in [-0.4, -0.2) is 67.5 Å². The maximum Gasteiger partial charge on any atom is 0.253 e. The molecule has 0 fully saturated rings. The Hall–Kier alpha value is -2.86. The van der Waals surface area contributed by atoms with Crippen molar-refractivity contribution in [3.8, 4) is 17.6 Å². The number of amides is 1. The number of fused-ring (bicyclic) bond motifs is 1. The Kier molecular flexibility index (Phi) is 8.95. The first-order valence-corrected chi connectivity index (χ1v) is 13.4. The van der Waals surface area contributed by atoms with Gasteiger partial charge in [0, 0.05) is 43.1 Å². The molecule has 0 aromatic heterocycles. The van der Waals surface area contributed by atoms with Gasteiger partial charge in [-0.15, -0.1) is 0 Å². The smallest absolute Gasteiger partial charge is 0.253 e. The third-order valence-electron chi connectivity index (χ3n) is 6.10. The van der Waals surface area contributed by atoms with E-state index in [4.69, 9.17) is 4.74 Å². The third-order valence-corrected chi connectivity index (χ3v) is 8.12. The molecule has 3 rings (SSSR count). The number of carbonyl (C=O) groups is 1. The Morgan fingerprint density at radius 2 is 1.97 bits per heavy atom. The van der Waals surface area contributed by atoms with E-state index in [1.165, 1.54) is 10.4 Å². The first kappa shape index (κ1) is 26.7. The van der Waals surface area contributed by atoms with E-state index in [0.29, 0.717) is 11.1 Å². The number of unbranched alkanes of at least 4 members (excludes halogenated alkanes) is 1. The number of hydrogen-bond donors (Lipinski definition) is 1. The molecule has 3 atom stereocenters. The van der Waals surface area contributed by atoms with E-state index < -0.39 is 22.2 Å². The minimum absolute atomic E-state index is 0.0350. The molecule has 7 nitrogen and oxygen atoms in total. The van der Waals surface area contributed by atoms with Crippen molar-refractivity contribution in [2.45, 2.75) is 50.7 Å². The highest BCUT2D eigenvalue weighted by molar-refractivity contribution is 7.89. The van der Waals surface area contributed by atoms with Crippen molar-refractivity contribution in [2.75, 3.05) is 26.7 Å². The fourth-order valence-electron chi connectivity index (χ4n) is 3.96. The zero-order valence-corrected chi connectivity index (χ0v) is 21.6. The van der Waals surface area contributed by atoms with E-state index in [1.807, 2.05) is 32.0 Å². The molecule has 1 aliphatic heterocycles. The van der Waals surface area contributed by atoms with Gasteiger partial charge in [-0.25, -0.2) is 8.42 Å². The topological polar surface area (TPSA) is 87.2 Å². The van der Waals surface area contributed by atoms with E-state index in [9.17, 15) is 18.3 Å². The molecule has 35 heavy (non-hydrogen) atoms. The van der Waals surface area contributed by atoms with Gasteiger partial charge in [0.25, 0.3) is 5.91 Å². The molecular formula is C27H34N2O5S.